The predicted molar refractivity (Wildman–Crippen MR) is 115 cm³/mol. The van der Waals surface area contributed by atoms with Crippen molar-refractivity contribution in [2.75, 3.05) is 7.11 Å². The molecular weight excluding hydrogens is 466 g/mol. The largest absolute Gasteiger partial charge is 0.503 e. The minimum atomic E-state index is -0.751. The van der Waals surface area contributed by atoms with Crippen LogP contribution in [-0.4, -0.2) is 23.0 Å². The molecule has 0 saturated heterocycles. The van der Waals surface area contributed by atoms with E-state index in [1.807, 2.05) is 0 Å². The Kier molecular flexibility index (Phi) is 4.59. The Morgan fingerprint density at radius 1 is 1.16 bits per heavy atom. The van der Waals surface area contributed by atoms with Crippen LogP contribution in [0.5, 0.6) is 11.5 Å². The van der Waals surface area contributed by atoms with Crippen molar-refractivity contribution in [3.8, 4) is 11.5 Å². The third kappa shape index (κ3) is 3.02. The molecule has 156 valence electrons. The smallest absolute Gasteiger partial charge is 0.291 e. The van der Waals surface area contributed by atoms with Crippen LogP contribution in [0, 0.1) is 0 Å². The molecule has 8 heteroatoms. The molecule has 0 bridgehead atoms. The molecule has 0 fully saturated rings. The summed E-state index contributed by atoms with van der Waals surface area (Å²) in [5.74, 6) is 0.297. The standard InChI is InChI=1S/C23H16BrNO6/c1-29-17-10-12(9-15(24)21(17)27)19-18-20(26)14-6-2-3-7-16(14)31-22(18)23(28)25(19)11-13-5-4-8-30-13/h2-10,19,27H,11H2,1H3. The van der Waals surface area contributed by atoms with Crippen LogP contribution < -0.4 is 10.2 Å². The Morgan fingerprint density at radius 2 is 1.97 bits per heavy atom. The van der Waals surface area contributed by atoms with E-state index in [1.54, 1.807) is 48.5 Å². The quantitative estimate of drug-likeness (QED) is 0.457. The van der Waals surface area contributed by atoms with Gasteiger partial charge in [0.15, 0.2) is 16.9 Å². The van der Waals surface area contributed by atoms with E-state index in [1.165, 1.54) is 18.3 Å². The first-order chi connectivity index (χ1) is 15.0. The Morgan fingerprint density at radius 3 is 2.71 bits per heavy atom. The third-order valence-electron chi connectivity index (χ3n) is 5.37. The van der Waals surface area contributed by atoms with E-state index < -0.39 is 11.9 Å². The lowest BCUT2D eigenvalue weighted by Crippen LogP contribution is -2.29. The number of para-hydroxylation sites is 1. The fourth-order valence-corrected chi connectivity index (χ4v) is 4.41. The average molecular weight is 482 g/mol. The number of hydrogen-bond acceptors (Lipinski definition) is 6. The lowest BCUT2D eigenvalue weighted by Gasteiger charge is -2.25. The van der Waals surface area contributed by atoms with Gasteiger partial charge in [-0.15, -0.1) is 0 Å². The number of aromatic hydroxyl groups is 1. The van der Waals surface area contributed by atoms with Crippen molar-refractivity contribution in [2.24, 2.45) is 0 Å². The van der Waals surface area contributed by atoms with E-state index in [0.29, 0.717) is 26.8 Å². The van der Waals surface area contributed by atoms with E-state index in [0.717, 1.165) is 0 Å². The van der Waals surface area contributed by atoms with Crippen molar-refractivity contribution in [1.29, 1.82) is 0 Å². The summed E-state index contributed by atoms with van der Waals surface area (Å²) < 4.78 is 17.0. The first-order valence-electron chi connectivity index (χ1n) is 9.45. The van der Waals surface area contributed by atoms with Gasteiger partial charge in [0.05, 0.1) is 41.4 Å². The van der Waals surface area contributed by atoms with Gasteiger partial charge in [-0.25, -0.2) is 0 Å². The molecule has 5 rings (SSSR count). The molecule has 0 radical (unpaired) electrons. The number of amides is 1. The molecule has 1 aliphatic rings. The van der Waals surface area contributed by atoms with Gasteiger partial charge in [-0.3, -0.25) is 9.59 Å². The van der Waals surface area contributed by atoms with Crippen molar-refractivity contribution >= 4 is 32.8 Å². The minimum Gasteiger partial charge on any atom is -0.503 e. The number of rotatable bonds is 4. The second kappa shape index (κ2) is 7.31. The number of phenolic OH excluding ortho intramolecular Hbond substituents is 1. The number of furan rings is 1. The lowest BCUT2D eigenvalue weighted by atomic mass is 9.98. The number of hydrogen-bond donors (Lipinski definition) is 1. The summed E-state index contributed by atoms with van der Waals surface area (Å²) in [7, 11) is 1.43. The first kappa shape index (κ1) is 19.4. The molecule has 3 heterocycles. The number of phenols is 1. The molecule has 0 spiro atoms. The van der Waals surface area contributed by atoms with Crippen LogP contribution in [0.2, 0.25) is 0 Å². The second-order valence-electron chi connectivity index (χ2n) is 7.14. The van der Waals surface area contributed by atoms with E-state index in [9.17, 15) is 14.7 Å². The summed E-state index contributed by atoms with van der Waals surface area (Å²) in [4.78, 5) is 28.3. The van der Waals surface area contributed by atoms with Crippen LogP contribution in [0.25, 0.3) is 11.0 Å². The molecule has 0 saturated carbocycles. The van der Waals surface area contributed by atoms with Gasteiger partial charge in [-0.1, -0.05) is 12.1 Å². The van der Waals surface area contributed by atoms with Crippen LogP contribution >= 0.6 is 15.9 Å². The summed E-state index contributed by atoms with van der Waals surface area (Å²) in [6.45, 7) is 0.136. The monoisotopic (exact) mass is 481 g/mol. The summed E-state index contributed by atoms with van der Waals surface area (Å²) in [5.41, 5.74) is 0.903. The molecule has 1 amide bonds. The predicted octanol–water partition coefficient (Wildman–Crippen LogP) is 4.61. The topological polar surface area (TPSA) is 93.1 Å². The van der Waals surface area contributed by atoms with Crippen LogP contribution in [-0.2, 0) is 6.54 Å². The number of benzene rings is 2. The van der Waals surface area contributed by atoms with Crippen LogP contribution in [0.15, 0.2) is 72.9 Å². The first-order valence-corrected chi connectivity index (χ1v) is 10.2. The fourth-order valence-electron chi connectivity index (χ4n) is 3.95. The third-order valence-corrected chi connectivity index (χ3v) is 5.97. The molecular formula is C23H16BrNO6. The molecule has 0 aliphatic carbocycles. The van der Waals surface area contributed by atoms with Gasteiger partial charge in [-0.05, 0) is 57.9 Å². The van der Waals surface area contributed by atoms with Gasteiger partial charge < -0.3 is 23.6 Å². The van der Waals surface area contributed by atoms with Crippen LogP contribution in [0.4, 0.5) is 0 Å². The summed E-state index contributed by atoms with van der Waals surface area (Å²) in [6, 6.07) is 12.8. The molecule has 2 aromatic heterocycles. The molecule has 1 N–H and O–H groups in total. The molecule has 1 atom stereocenters. The van der Waals surface area contributed by atoms with Gasteiger partial charge in [0.25, 0.3) is 5.91 Å². The van der Waals surface area contributed by atoms with Gasteiger partial charge in [0.1, 0.15) is 11.3 Å². The number of ether oxygens (including phenoxy) is 1. The zero-order valence-electron chi connectivity index (χ0n) is 16.3. The minimum absolute atomic E-state index is 0.00317. The maximum Gasteiger partial charge on any atom is 0.291 e. The maximum absolute atomic E-state index is 13.4. The summed E-state index contributed by atoms with van der Waals surface area (Å²) >= 11 is 3.33. The Labute approximate surface area is 184 Å². The number of carbonyl (C=O) groups is 1. The van der Waals surface area contributed by atoms with Crippen LogP contribution in [0.1, 0.15) is 33.5 Å². The Hall–Kier alpha value is -3.52. The number of halogens is 1. The Balaban J connectivity index is 1.77. The van der Waals surface area contributed by atoms with Crippen molar-refractivity contribution in [3.63, 3.8) is 0 Å². The van der Waals surface area contributed by atoms with Gasteiger partial charge in [-0.2, -0.15) is 0 Å². The SMILES string of the molecule is COc1cc(C2c3c(oc4ccccc4c3=O)C(=O)N2Cc2ccco2)cc(Br)c1O. The normalized spacial score (nSPS) is 15.5. The molecule has 31 heavy (non-hydrogen) atoms. The molecule has 7 nitrogen and oxygen atoms in total. The number of carbonyl (C=O) groups excluding carboxylic acids is 1. The summed E-state index contributed by atoms with van der Waals surface area (Å²) in [5, 5.41) is 10.6. The van der Waals surface area contributed by atoms with Crippen molar-refractivity contribution in [1.82, 2.24) is 4.90 Å². The highest BCUT2D eigenvalue weighted by Crippen LogP contribution is 2.44. The van der Waals surface area contributed by atoms with Gasteiger partial charge in [0.2, 0.25) is 5.76 Å². The average Bonchev–Trinajstić information content (AvgIpc) is 3.38. The molecule has 2 aromatic carbocycles. The van der Waals surface area contributed by atoms with E-state index in [-0.39, 0.29) is 34.8 Å². The fraction of sp³-hybridized carbons (Fsp3) is 0.130. The second-order valence-corrected chi connectivity index (χ2v) is 7.99. The van der Waals surface area contributed by atoms with E-state index in [2.05, 4.69) is 15.9 Å². The zero-order chi connectivity index (χ0) is 21.7. The number of fused-ring (bicyclic) bond motifs is 2. The van der Waals surface area contributed by atoms with Crippen molar-refractivity contribution in [2.45, 2.75) is 12.6 Å². The van der Waals surface area contributed by atoms with Gasteiger partial charge >= 0.3 is 0 Å². The molecule has 1 unspecified atom stereocenters. The maximum atomic E-state index is 13.4. The van der Waals surface area contributed by atoms with E-state index in [4.69, 9.17) is 13.6 Å². The number of nitrogens with zero attached hydrogens (tertiary/aromatic N) is 1. The Bertz CT molecular complexity index is 1380. The zero-order valence-corrected chi connectivity index (χ0v) is 17.9. The highest BCUT2D eigenvalue weighted by Gasteiger charge is 2.43. The summed E-state index contributed by atoms with van der Waals surface area (Å²) in [6.07, 6.45) is 1.52. The van der Waals surface area contributed by atoms with Crippen LogP contribution in [0.3, 0.4) is 0 Å². The van der Waals surface area contributed by atoms with Crippen molar-refractivity contribution in [3.05, 3.63) is 92.1 Å². The molecule has 1 aliphatic heterocycles. The van der Waals surface area contributed by atoms with Gasteiger partial charge in [0, 0.05) is 0 Å². The highest BCUT2D eigenvalue weighted by atomic mass is 79.9. The van der Waals surface area contributed by atoms with Crippen molar-refractivity contribution < 1.29 is 23.5 Å². The van der Waals surface area contributed by atoms with E-state index >= 15 is 0 Å². The molecule has 4 aromatic rings. The highest BCUT2D eigenvalue weighted by molar-refractivity contribution is 9.10. The number of methoxy groups -OCH3 is 1. The lowest BCUT2D eigenvalue weighted by molar-refractivity contribution is 0.0701.